The SMILES string of the molecule is COC(CCOC(=O)CCCCC(=O)OCCC(OC)OC)OC. The molecule has 0 aliphatic rings. The van der Waals surface area contributed by atoms with Crippen molar-refractivity contribution in [2.45, 2.75) is 51.1 Å². The van der Waals surface area contributed by atoms with Gasteiger partial charge in [-0.05, 0) is 12.8 Å². The Morgan fingerprint density at radius 3 is 1.29 bits per heavy atom. The van der Waals surface area contributed by atoms with Gasteiger partial charge < -0.3 is 28.4 Å². The van der Waals surface area contributed by atoms with Gasteiger partial charge in [-0.1, -0.05) is 0 Å². The first-order chi connectivity index (χ1) is 11.6. The number of unbranched alkanes of at least 4 members (excludes halogenated alkanes) is 1. The minimum Gasteiger partial charge on any atom is -0.465 e. The van der Waals surface area contributed by atoms with E-state index in [4.69, 9.17) is 28.4 Å². The summed E-state index contributed by atoms with van der Waals surface area (Å²) in [6.07, 6.45) is 1.91. The first kappa shape index (κ1) is 22.8. The molecular formula is C16H30O8. The van der Waals surface area contributed by atoms with Gasteiger partial charge in [-0.25, -0.2) is 0 Å². The van der Waals surface area contributed by atoms with Crippen molar-refractivity contribution in [3.8, 4) is 0 Å². The van der Waals surface area contributed by atoms with E-state index in [1.807, 2.05) is 0 Å². The smallest absolute Gasteiger partial charge is 0.305 e. The van der Waals surface area contributed by atoms with Crippen molar-refractivity contribution in [1.29, 1.82) is 0 Å². The maximum Gasteiger partial charge on any atom is 0.305 e. The molecule has 0 atom stereocenters. The topological polar surface area (TPSA) is 89.5 Å². The number of ether oxygens (including phenoxy) is 6. The molecule has 0 unspecified atom stereocenters. The van der Waals surface area contributed by atoms with Crippen molar-refractivity contribution >= 4 is 11.9 Å². The van der Waals surface area contributed by atoms with Gasteiger partial charge in [0.1, 0.15) is 0 Å². The quantitative estimate of drug-likeness (QED) is 0.250. The number of hydrogen-bond acceptors (Lipinski definition) is 8. The second kappa shape index (κ2) is 15.3. The van der Waals surface area contributed by atoms with Crippen LogP contribution in [-0.2, 0) is 38.0 Å². The lowest BCUT2D eigenvalue weighted by molar-refractivity contribution is -0.151. The second-order valence-electron chi connectivity index (χ2n) is 5.03. The molecule has 0 rings (SSSR count). The van der Waals surface area contributed by atoms with Crippen molar-refractivity contribution in [3.63, 3.8) is 0 Å². The zero-order chi connectivity index (χ0) is 18.2. The molecule has 0 aromatic heterocycles. The summed E-state index contributed by atoms with van der Waals surface area (Å²) >= 11 is 0. The lowest BCUT2D eigenvalue weighted by atomic mass is 10.2. The molecule has 0 radical (unpaired) electrons. The van der Waals surface area contributed by atoms with Crippen molar-refractivity contribution in [2.24, 2.45) is 0 Å². The first-order valence-corrected chi connectivity index (χ1v) is 7.99. The molecule has 8 heteroatoms. The van der Waals surface area contributed by atoms with E-state index in [0.29, 0.717) is 25.7 Å². The minimum absolute atomic E-state index is 0.243. The molecule has 142 valence electrons. The van der Waals surface area contributed by atoms with Gasteiger partial charge in [0.25, 0.3) is 0 Å². The van der Waals surface area contributed by atoms with Crippen LogP contribution >= 0.6 is 0 Å². The highest BCUT2D eigenvalue weighted by Crippen LogP contribution is 2.05. The maximum atomic E-state index is 11.5. The lowest BCUT2D eigenvalue weighted by Crippen LogP contribution is -2.17. The fourth-order valence-electron chi connectivity index (χ4n) is 1.88. The highest BCUT2D eigenvalue weighted by Gasteiger charge is 2.10. The number of esters is 2. The number of carbonyl (C=O) groups is 2. The van der Waals surface area contributed by atoms with Crippen LogP contribution in [0.2, 0.25) is 0 Å². The van der Waals surface area contributed by atoms with Gasteiger partial charge in [0.2, 0.25) is 0 Å². The normalized spacial score (nSPS) is 11.1. The summed E-state index contributed by atoms with van der Waals surface area (Å²) in [6.45, 7) is 0.487. The van der Waals surface area contributed by atoms with Crippen LogP contribution in [-0.4, -0.2) is 66.2 Å². The number of carbonyl (C=O) groups excluding carboxylic acids is 2. The Hall–Kier alpha value is -1.22. The highest BCUT2D eigenvalue weighted by atomic mass is 16.7. The summed E-state index contributed by atoms with van der Waals surface area (Å²) in [5.74, 6) is -0.588. The summed E-state index contributed by atoms with van der Waals surface area (Å²) < 4.78 is 30.1. The highest BCUT2D eigenvalue weighted by molar-refractivity contribution is 5.70. The Kier molecular flexibility index (Phi) is 14.5. The van der Waals surface area contributed by atoms with Gasteiger partial charge in [-0.3, -0.25) is 9.59 Å². The number of methoxy groups -OCH3 is 4. The van der Waals surface area contributed by atoms with E-state index in [1.165, 1.54) is 28.4 Å². The molecular weight excluding hydrogens is 320 g/mol. The molecule has 0 aliphatic carbocycles. The fraction of sp³-hybridized carbons (Fsp3) is 0.875. The van der Waals surface area contributed by atoms with E-state index in [2.05, 4.69) is 0 Å². The summed E-state index contributed by atoms with van der Waals surface area (Å²) in [4.78, 5) is 23.0. The zero-order valence-electron chi connectivity index (χ0n) is 15.1. The van der Waals surface area contributed by atoms with Crippen molar-refractivity contribution in [3.05, 3.63) is 0 Å². The van der Waals surface area contributed by atoms with Gasteiger partial charge in [-0.15, -0.1) is 0 Å². The Morgan fingerprint density at radius 2 is 1.00 bits per heavy atom. The van der Waals surface area contributed by atoms with Gasteiger partial charge in [-0.2, -0.15) is 0 Å². The molecule has 0 N–H and O–H groups in total. The molecule has 0 aromatic carbocycles. The van der Waals surface area contributed by atoms with E-state index in [9.17, 15) is 9.59 Å². The van der Waals surface area contributed by atoms with E-state index in [1.54, 1.807) is 0 Å². The standard InChI is InChI=1S/C16H30O8/c1-19-15(20-2)9-11-23-13(17)7-5-6-8-14(18)24-12-10-16(21-3)22-4/h15-16H,5-12H2,1-4H3. The van der Waals surface area contributed by atoms with Crippen LogP contribution in [0.4, 0.5) is 0 Å². The molecule has 0 heterocycles. The second-order valence-corrected chi connectivity index (χ2v) is 5.03. The number of hydrogen-bond donors (Lipinski definition) is 0. The van der Waals surface area contributed by atoms with Crippen molar-refractivity contribution in [2.75, 3.05) is 41.7 Å². The summed E-state index contributed by atoms with van der Waals surface area (Å²) in [7, 11) is 6.11. The summed E-state index contributed by atoms with van der Waals surface area (Å²) in [6, 6.07) is 0. The Bertz CT molecular complexity index is 294. The summed E-state index contributed by atoms with van der Waals surface area (Å²) in [5.41, 5.74) is 0. The van der Waals surface area contributed by atoms with E-state index < -0.39 is 0 Å². The van der Waals surface area contributed by atoms with Crippen molar-refractivity contribution in [1.82, 2.24) is 0 Å². The molecule has 24 heavy (non-hydrogen) atoms. The minimum atomic E-state index is -0.372. The van der Waals surface area contributed by atoms with Gasteiger partial charge in [0.05, 0.1) is 13.2 Å². The molecule has 8 nitrogen and oxygen atoms in total. The molecule has 0 saturated carbocycles. The Balaban J connectivity index is 3.56. The third-order valence-electron chi connectivity index (χ3n) is 3.30. The van der Waals surface area contributed by atoms with Crippen LogP contribution in [0.1, 0.15) is 38.5 Å². The van der Waals surface area contributed by atoms with Crippen LogP contribution in [0.15, 0.2) is 0 Å². The molecule has 0 amide bonds. The monoisotopic (exact) mass is 350 g/mol. The van der Waals surface area contributed by atoms with Crippen LogP contribution in [0.5, 0.6) is 0 Å². The van der Waals surface area contributed by atoms with Crippen LogP contribution in [0, 0.1) is 0 Å². The fourth-order valence-corrected chi connectivity index (χ4v) is 1.88. The third-order valence-corrected chi connectivity index (χ3v) is 3.30. The molecule has 0 aliphatic heterocycles. The van der Waals surface area contributed by atoms with Crippen LogP contribution < -0.4 is 0 Å². The lowest BCUT2D eigenvalue weighted by Gasteiger charge is -2.13. The van der Waals surface area contributed by atoms with E-state index >= 15 is 0 Å². The third kappa shape index (κ3) is 12.2. The van der Waals surface area contributed by atoms with Crippen molar-refractivity contribution < 1.29 is 38.0 Å². The zero-order valence-corrected chi connectivity index (χ0v) is 15.1. The molecule has 0 spiro atoms. The predicted molar refractivity (Wildman–Crippen MR) is 85.2 cm³/mol. The molecule has 0 aromatic rings. The molecule has 0 saturated heterocycles. The van der Waals surface area contributed by atoms with Gasteiger partial charge >= 0.3 is 11.9 Å². The maximum absolute atomic E-state index is 11.5. The van der Waals surface area contributed by atoms with Gasteiger partial charge in [0.15, 0.2) is 12.6 Å². The Morgan fingerprint density at radius 1 is 0.667 bits per heavy atom. The predicted octanol–water partition coefficient (Wildman–Crippen LogP) is 1.65. The average Bonchev–Trinajstić information content (AvgIpc) is 2.59. The molecule has 0 bridgehead atoms. The molecule has 0 fully saturated rings. The first-order valence-electron chi connectivity index (χ1n) is 7.99. The van der Waals surface area contributed by atoms with Crippen LogP contribution in [0.25, 0.3) is 0 Å². The van der Waals surface area contributed by atoms with E-state index in [0.717, 1.165) is 0 Å². The number of rotatable bonds is 15. The van der Waals surface area contributed by atoms with E-state index in [-0.39, 0.29) is 50.6 Å². The summed E-state index contributed by atoms with van der Waals surface area (Å²) in [5, 5.41) is 0. The Labute approximate surface area is 143 Å². The van der Waals surface area contributed by atoms with Gasteiger partial charge in [0, 0.05) is 54.1 Å². The van der Waals surface area contributed by atoms with Crippen LogP contribution in [0.3, 0.4) is 0 Å². The average molecular weight is 350 g/mol. The largest absolute Gasteiger partial charge is 0.465 e.